The Hall–Kier alpha value is -2.17. The van der Waals surface area contributed by atoms with E-state index in [4.69, 9.17) is 4.74 Å². The van der Waals surface area contributed by atoms with Crippen LogP contribution in [0, 0.1) is 0 Å². The van der Waals surface area contributed by atoms with E-state index < -0.39 is 35.2 Å². The second-order valence-corrected chi connectivity index (χ2v) is 7.71. The standard InChI is InChI=1S/C18H22F6N2O3/c1-15(2,3)29-14(27)26-10-8-25(9-11-26)13-6-4-12(5-7-13)16(28,17(19,20)21)18(22,23)24/h4-7,28H,8-11H2,1-3H3. The lowest BCUT2D eigenvalue weighted by Crippen LogP contribution is -2.54. The minimum Gasteiger partial charge on any atom is -0.444 e. The van der Waals surface area contributed by atoms with Crippen LogP contribution in [0.5, 0.6) is 0 Å². The molecule has 2 rings (SSSR count). The van der Waals surface area contributed by atoms with Crippen molar-refractivity contribution in [3.8, 4) is 0 Å². The fraction of sp³-hybridized carbons (Fsp3) is 0.611. The highest BCUT2D eigenvalue weighted by molar-refractivity contribution is 5.68. The summed E-state index contributed by atoms with van der Waals surface area (Å²) in [6, 6.07) is 3.38. The van der Waals surface area contributed by atoms with Crippen molar-refractivity contribution in [3.63, 3.8) is 0 Å². The lowest BCUT2D eigenvalue weighted by Gasteiger charge is -2.37. The van der Waals surface area contributed by atoms with E-state index in [-0.39, 0.29) is 13.1 Å². The zero-order valence-electron chi connectivity index (χ0n) is 16.1. The van der Waals surface area contributed by atoms with Gasteiger partial charge in [0.25, 0.3) is 5.60 Å². The highest BCUT2D eigenvalue weighted by Gasteiger charge is 2.71. The molecule has 11 heteroatoms. The van der Waals surface area contributed by atoms with Gasteiger partial charge in [-0.15, -0.1) is 0 Å². The van der Waals surface area contributed by atoms with Gasteiger partial charge in [-0.3, -0.25) is 0 Å². The van der Waals surface area contributed by atoms with Gasteiger partial charge in [0.1, 0.15) is 5.60 Å². The van der Waals surface area contributed by atoms with Crippen LogP contribution in [-0.2, 0) is 10.3 Å². The molecule has 1 fully saturated rings. The van der Waals surface area contributed by atoms with Crippen LogP contribution < -0.4 is 4.90 Å². The summed E-state index contributed by atoms with van der Waals surface area (Å²) in [7, 11) is 0. The number of aliphatic hydroxyl groups is 1. The molecule has 0 saturated carbocycles. The molecule has 1 aromatic rings. The van der Waals surface area contributed by atoms with Crippen LogP contribution in [0.3, 0.4) is 0 Å². The van der Waals surface area contributed by atoms with Gasteiger partial charge in [-0.1, -0.05) is 12.1 Å². The first-order valence-corrected chi connectivity index (χ1v) is 8.75. The van der Waals surface area contributed by atoms with Gasteiger partial charge in [0.15, 0.2) is 0 Å². The summed E-state index contributed by atoms with van der Waals surface area (Å²) in [5.74, 6) is 0. The number of anilines is 1. The number of halogens is 6. The van der Waals surface area contributed by atoms with Crippen LogP contribution in [0.4, 0.5) is 36.8 Å². The Morgan fingerprint density at radius 2 is 1.34 bits per heavy atom. The third-order valence-electron chi connectivity index (χ3n) is 4.40. The second kappa shape index (κ2) is 7.58. The summed E-state index contributed by atoms with van der Waals surface area (Å²) in [6.07, 6.45) is -12.3. The number of carbonyl (C=O) groups excluding carboxylic acids is 1. The van der Waals surface area contributed by atoms with E-state index in [1.165, 1.54) is 4.90 Å². The normalized spacial score (nSPS) is 16.8. The molecule has 0 bridgehead atoms. The number of carbonyl (C=O) groups is 1. The van der Waals surface area contributed by atoms with Crippen molar-refractivity contribution >= 4 is 11.8 Å². The minimum atomic E-state index is -5.92. The number of piperazine rings is 1. The Balaban J connectivity index is 2.11. The van der Waals surface area contributed by atoms with Gasteiger partial charge in [-0.2, -0.15) is 26.3 Å². The molecule has 1 aromatic carbocycles. The number of hydrogen-bond donors (Lipinski definition) is 1. The lowest BCUT2D eigenvalue weighted by molar-refractivity contribution is -0.376. The summed E-state index contributed by atoms with van der Waals surface area (Å²) in [6.45, 7) is 6.39. The maximum absolute atomic E-state index is 12.9. The number of ether oxygens (including phenoxy) is 1. The summed E-state index contributed by atoms with van der Waals surface area (Å²) >= 11 is 0. The minimum absolute atomic E-state index is 0.283. The van der Waals surface area contributed by atoms with Crippen LogP contribution >= 0.6 is 0 Å². The van der Waals surface area contributed by atoms with Gasteiger partial charge >= 0.3 is 18.4 Å². The van der Waals surface area contributed by atoms with Crippen LogP contribution in [-0.4, -0.2) is 60.2 Å². The van der Waals surface area contributed by atoms with Crippen molar-refractivity contribution in [2.75, 3.05) is 31.1 Å². The van der Waals surface area contributed by atoms with Crippen LogP contribution in [0.2, 0.25) is 0 Å². The number of rotatable bonds is 2. The molecule has 0 spiro atoms. The molecular weight excluding hydrogens is 406 g/mol. The molecule has 1 aliphatic heterocycles. The molecule has 29 heavy (non-hydrogen) atoms. The Labute approximate surface area is 163 Å². The number of hydrogen-bond acceptors (Lipinski definition) is 4. The van der Waals surface area contributed by atoms with E-state index in [0.29, 0.717) is 30.9 Å². The molecule has 0 aromatic heterocycles. The van der Waals surface area contributed by atoms with Gasteiger partial charge < -0.3 is 19.6 Å². The molecule has 1 N–H and O–H groups in total. The predicted octanol–water partition coefficient (Wildman–Crippen LogP) is 4.06. The number of alkyl halides is 6. The summed E-state index contributed by atoms with van der Waals surface area (Å²) in [5.41, 5.74) is -6.54. The maximum atomic E-state index is 12.9. The van der Waals surface area contributed by atoms with E-state index in [1.54, 1.807) is 25.7 Å². The van der Waals surface area contributed by atoms with E-state index in [9.17, 15) is 36.2 Å². The molecule has 1 saturated heterocycles. The van der Waals surface area contributed by atoms with Gasteiger partial charge in [-0.25, -0.2) is 4.79 Å². The molecule has 1 amide bonds. The van der Waals surface area contributed by atoms with Crippen molar-refractivity contribution in [1.29, 1.82) is 0 Å². The Morgan fingerprint density at radius 1 is 0.897 bits per heavy atom. The Bertz CT molecular complexity index is 703. The summed E-state index contributed by atoms with van der Waals surface area (Å²) < 4.78 is 82.9. The molecule has 0 atom stereocenters. The van der Waals surface area contributed by atoms with Crippen LogP contribution in [0.15, 0.2) is 24.3 Å². The highest BCUT2D eigenvalue weighted by atomic mass is 19.4. The summed E-state index contributed by atoms with van der Waals surface area (Å²) in [5, 5.41) is 9.42. The average molecular weight is 428 g/mol. The number of amides is 1. The number of benzene rings is 1. The van der Waals surface area contributed by atoms with E-state index >= 15 is 0 Å². The molecule has 1 aliphatic rings. The SMILES string of the molecule is CC(C)(C)OC(=O)N1CCN(c2ccc(C(O)(C(F)(F)F)C(F)(F)F)cc2)CC1. The van der Waals surface area contributed by atoms with Crippen molar-refractivity contribution in [3.05, 3.63) is 29.8 Å². The van der Waals surface area contributed by atoms with Gasteiger partial charge in [0, 0.05) is 37.4 Å². The first-order valence-electron chi connectivity index (χ1n) is 8.75. The first kappa shape index (κ1) is 23.1. The third-order valence-corrected chi connectivity index (χ3v) is 4.40. The van der Waals surface area contributed by atoms with E-state index in [2.05, 4.69) is 0 Å². The van der Waals surface area contributed by atoms with Crippen molar-refractivity contribution in [1.82, 2.24) is 4.90 Å². The lowest BCUT2D eigenvalue weighted by atomic mass is 9.92. The van der Waals surface area contributed by atoms with Gasteiger partial charge in [0.05, 0.1) is 0 Å². The molecule has 1 heterocycles. The third kappa shape index (κ3) is 4.88. The van der Waals surface area contributed by atoms with Crippen molar-refractivity contribution in [2.24, 2.45) is 0 Å². The van der Waals surface area contributed by atoms with Crippen molar-refractivity contribution in [2.45, 2.75) is 44.3 Å². The fourth-order valence-corrected chi connectivity index (χ4v) is 2.88. The monoisotopic (exact) mass is 428 g/mol. The van der Waals surface area contributed by atoms with Gasteiger partial charge in [-0.05, 0) is 32.9 Å². The largest absolute Gasteiger partial charge is 0.444 e. The zero-order valence-corrected chi connectivity index (χ0v) is 16.1. The van der Waals surface area contributed by atoms with E-state index in [0.717, 1.165) is 12.1 Å². The second-order valence-electron chi connectivity index (χ2n) is 7.71. The Kier molecular flexibility index (Phi) is 6.04. The molecule has 0 aliphatic carbocycles. The molecular formula is C18H22F6N2O3. The number of nitrogens with zero attached hydrogens (tertiary/aromatic N) is 2. The molecule has 0 radical (unpaired) electrons. The summed E-state index contributed by atoms with van der Waals surface area (Å²) in [4.78, 5) is 15.2. The zero-order chi connectivity index (χ0) is 22.3. The quantitative estimate of drug-likeness (QED) is 0.722. The predicted molar refractivity (Wildman–Crippen MR) is 92.5 cm³/mol. The van der Waals surface area contributed by atoms with Crippen LogP contribution in [0.1, 0.15) is 26.3 Å². The first-order chi connectivity index (χ1) is 13.1. The molecule has 0 unspecified atom stereocenters. The topological polar surface area (TPSA) is 53.0 Å². The van der Waals surface area contributed by atoms with E-state index in [1.807, 2.05) is 0 Å². The van der Waals surface area contributed by atoms with Crippen LogP contribution in [0.25, 0.3) is 0 Å². The Morgan fingerprint density at radius 3 is 1.72 bits per heavy atom. The highest BCUT2D eigenvalue weighted by Crippen LogP contribution is 2.50. The fourth-order valence-electron chi connectivity index (χ4n) is 2.88. The average Bonchev–Trinajstić information content (AvgIpc) is 2.58. The molecule has 5 nitrogen and oxygen atoms in total. The van der Waals surface area contributed by atoms with Gasteiger partial charge in [0.2, 0.25) is 0 Å². The molecule has 164 valence electrons. The maximum Gasteiger partial charge on any atom is 0.430 e. The smallest absolute Gasteiger partial charge is 0.430 e. The van der Waals surface area contributed by atoms with Crippen molar-refractivity contribution < 1.29 is 41.0 Å².